The molecule has 1 saturated heterocycles. The molecule has 1 aliphatic heterocycles. The van der Waals surface area contributed by atoms with E-state index in [2.05, 4.69) is 13.8 Å². The molecule has 1 heterocycles. The molecule has 2 nitrogen and oxygen atoms in total. The van der Waals surface area contributed by atoms with E-state index in [0.29, 0.717) is 23.2 Å². The Morgan fingerprint density at radius 3 is 2.76 bits per heavy atom. The van der Waals surface area contributed by atoms with Crippen LogP contribution < -0.4 is 0 Å². The van der Waals surface area contributed by atoms with Crippen LogP contribution in [-0.2, 0) is 9.53 Å². The monoisotopic (exact) mass is 288 g/mol. The Bertz CT molecular complexity index is 500. The maximum absolute atomic E-state index is 12.6. The summed E-state index contributed by atoms with van der Waals surface area (Å²) >= 11 is 0. The molecule has 0 unspecified atom stereocenters. The van der Waals surface area contributed by atoms with Crippen LogP contribution in [-0.4, -0.2) is 18.0 Å². The standard InChI is InChI=1S/C19H28O2/c1-18-9-4-3-5-11(18)6-7-12-13(18)8-10-19(2)14(12)15-16(21-15)17(19)20/h11-16H,3-10H2,1-2H3/t11-,12-,13+,14-,15-,16+,18+,19+/m1/s1. The molecule has 5 rings (SSSR count). The summed E-state index contributed by atoms with van der Waals surface area (Å²) < 4.78 is 5.77. The smallest absolute Gasteiger partial charge is 0.170 e. The minimum Gasteiger partial charge on any atom is -0.361 e. The Morgan fingerprint density at radius 1 is 1.05 bits per heavy atom. The molecule has 8 atom stereocenters. The molecule has 0 aromatic heterocycles. The molecule has 5 fully saturated rings. The average Bonchev–Trinajstić information content (AvgIpc) is 3.21. The summed E-state index contributed by atoms with van der Waals surface area (Å²) in [5.74, 6) is 3.60. The van der Waals surface area contributed by atoms with E-state index in [1.165, 1.54) is 44.9 Å². The second-order valence-electron chi connectivity index (χ2n) is 9.16. The van der Waals surface area contributed by atoms with E-state index in [1.54, 1.807) is 0 Å². The number of hydrogen-bond donors (Lipinski definition) is 0. The van der Waals surface area contributed by atoms with Crippen molar-refractivity contribution < 1.29 is 9.53 Å². The summed E-state index contributed by atoms with van der Waals surface area (Å²) in [6.07, 6.45) is 11.3. The predicted octanol–water partition coefficient (Wildman–Crippen LogP) is 3.98. The number of fused-ring (bicyclic) bond motifs is 7. The van der Waals surface area contributed by atoms with Crippen LogP contribution >= 0.6 is 0 Å². The van der Waals surface area contributed by atoms with E-state index in [9.17, 15) is 4.79 Å². The summed E-state index contributed by atoms with van der Waals surface area (Å²) in [4.78, 5) is 12.6. The lowest BCUT2D eigenvalue weighted by molar-refractivity contribution is -0.149. The number of ether oxygens (including phenoxy) is 1. The number of Topliss-reactive ketones (excluding diaryl/α,β-unsaturated/α-hetero) is 1. The molecule has 116 valence electrons. The molecule has 4 saturated carbocycles. The molecule has 0 bridgehead atoms. The molecule has 0 aromatic carbocycles. The van der Waals surface area contributed by atoms with Crippen molar-refractivity contribution in [2.45, 2.75) is 77.4 Å². The van der Waals surface area contributed by atoms with Gasteiger partial charge in [0.15, 0.2) is 5.78 Å². The Labute approximate surface area is 128 Å². The van der Waals surface area contributed by atoms with Crippen LogP contribution in [0.2, 0.25) is 0 Å². The van der Waals surface area contributed by atoms with Gasteiger partial charge in [0.2, 0.25) is 0 Å². The number of hydrogen-bond acceptors (Lipinski definition) is 2. The topological polar surface area (TPSA) is 29.6 Å². The molecule has 0 radical (unpaired) electrons. The van der Waals surface area contributed by atoms with Crippen molar-refractivity contribution in [3.8, 4) is 0 Å². The van der Waals surface area contributed by atoms with Gasteiger partial charge >= 0.3 is 0 Å². The first-order valence-electron chi connectivity index (χ1n) is 9.25. The Balaban J connectivity index is 1.52. The van der Waals surface area contributed by atoms with Gasteiger partial charge in [-0.25, -0.2) is 0 Å². The fraction of sp³-hybridized carbons (Fsp3) is 0.947. The molecule has 21 heavy (non-hydrogen) atoms. The van der Waals surface area contributed by atoms with E-state index in [1.807, 2.05) is 0 Å². The maximum Gasteiger partial charge on any atom is 0.170 e. The first-order chi connectivity index (χ1) is 10.1. The Hall–Kier alpha value is -0.370. The van der Waals surface area contributed by atoms with Crippen LogP contribution in [0.3, 0.4) is 0 Å². The maximum atomic E-state index is 12.6. The van der Waals surface area contributed by atoms with Gasteiger partial charge in [-0.15, -0.1) is 0 Å². The van der Waals surface area contributed by atoms with Crippen LogP contribution in [0.5, 0.6) is 0 Å². The highest BCUT2D eigenvalue weighted by molar-refractivity contribution is 5.94. The quantitative estimate of drug-likeness (QED) is 0.631. The molecule has 0 aromatic rings. The van der Waals surface area contributed by atoms with Gasteiger partial charge in [0.05, 0.1) is 6.10 Å². The lowest BCUT2D eigenvalue weighted by atomic mass is 9.45. The van der Waals surface area contributed by atoms with E-state index in [-0.39, 0.29) is 11.5 Å². The zero-order valence-corrected chi connectivity index (χ0v) is 13.4. The van der Waals surface area contributed by atoms with Gasteiger partial charge in [0, 0.05) is 11.3 Å². The summed E-state index contributed by atoms with van der Waals surface area (Å²) in [5, 5.41) is 0. The van der Waals surface area contributed by atoms with E-state index in [0.717, 1.165) is 24.2 Å². The molecular formula is C19H28O2. The first-order valence-corrected chi connectivity index (χ1v) is 9.25. The van der Waals surface area contributed by atoms with Crippen LogP contribution in [0, 0.1) is 34.5 Å². The minimum atomic E-state index is -0.0351. The SMILES string of the molecule is C[C@]12CCCC[C@@H]1CC[C@H]1[C@@H]3[C@H]4O[C@@H]4C(=O)[C@@]3(C)CC[C@@H]12. The fourth-order valence-corrected chi connectivity index (χ4v) is 7.37. The third kappa shape index (κ3) is 1.46. The molecule has 0 amide bonds. The molecule has 0 spiro atoms. The zero-order valence-electron chi connectivity index (χ0n) is 13.4. The predicted molar refractivity (Wildman–Crippen MR) is 80.8 cm³/mol. The van der Waals surface area contributed by atoms with Crippen molar-refractivity contribution in [2.24, 2.45) is 34.5 Å². The van der Waals surface area contributed by atoms with Crippen LogP contribution in [0.25, 0.3) is 0 Å². The largest absolute Gasteiger partial charge is 0.361 e. The van der Waals surface area contributed by atoms with Gasteiger partial charge in [-0.3, -0.25) is 4.79 Å². The molecule has 4 aliphatic carbocycles. The van der Waals surface area contributed by atoms with Crippen LogP contribution in [0.1, 0.15) is 65.2 Å². The second-order valence-corrected chi connectivity index (χ2v) is 9.16. The normalized spacial score (nSPS) is 61.5. The summed E-state index contributed by atoms with van der Waals surface area (Å²) in [5.41, 5.74) is 0.533. The highest BCUT2D eigenvalue weighted by Gasteiger charge is 2.72. The minimum absolute atomic E-state index is 0.00404. The highest BCUT2D eigenvalue weighted by Crippen LogP contribution is 2.68. The average molecular weight is 288 g/mol. The van der Waals surface area contributed by atoms with Crippen molar-refractivity contribution in [3.63, 3.8) is 0 Å². The Kier molecular flexibility index (Phi) is 2.45. The van der Waals surface area contributed by atoms with Crippen molar-refractivity contribution in [1.29, 1.82) is 0 Å². The van der Waals surface area contributed by atoms with Gasteiger partial charge in [-0.05, 0) is 61.7 Å². The van der Waals surface area contributed by atoms with Gasteiger partial charge in [0.25, 0.3) is 0 Å². The van der Waals surface area contributed by atoms with Crippen molar-refractivity contribution >= 4 is 5.78 Å². The number of carbonyl (C=O) groups excluding carboxylic acids is 1. The summed E-state index contributed by atoms with van der Waals surface area (Å²) in [6, 6.07) is 0. The van der Waals surface area contributed by atoms with Crippen LogP contribution in [0.15, 0.2) is 0 Å². The molecule has 2 heteroatoms. The fourth-order valence-electron chi connectivity index (χ4n) is 7.37. The number of ketones is 1. The highest BCUT2D eigenvalue weighted by atomic mass is 16.6. The zero-order chi connectivity index (χ0) is 14.4. The van der Waals surface area contributed by atoms with Gasteiger partial charge in [-0.1, -0.05) is 26.7 Å². The third-order valence-electron chi connectivity index (χ3n) is 8.54. The van der Waals surface area contributed by atoms with Gasteiger partial charge in [-0.2, -0.15) is 0 Å². The van der Waals surface area contributed by atoms with E-state index in [4.69, 9.17) is 4.74 Å². The van der Waals surface area contributed by atoms with E-state index < -0.39 is 0 Å². The van der Waals surface area contributed by atoms with Crippen molar-refractivity contribution in [2.75, 3.05) is 0 Å². The van der Waals surface area contributed by atoms with E-state index >= 15 is 0 Å². The number of rotatable bonds is 0. The number of epoxide rings is 1. The first kappa shape index (κ1) is 13.1. The molecule has 0 N–H and O–H groups in total. The third-order valence-corrected chi connectivity index (χ3v) is 8.54. The molecular weight excluding hydrogens is 260 g/mol. The summed E-state index contributed by atoms with van der Waals surface area (Å²) in [6.45, 7) is 4.86. The van der Waals surface area contributed by atoms with Gasteiger partial charge < -0.3 is 4.74 Å². The summed E-state index contributed by atoms with van der Waals surface area (Å²) in [7, 11) is 0. The lowest BCUT2D eigenvalue weighted by Crippen LogP contribution is -2.54. The lowest BCUT2D eigenvalue weighted by Gasteiger charge is -2.59. The van der Waals surface area contributed by atoms with Crippen LogP contribution in [0.4, 0.5) is 0 Å². The van der Waals surface area contributed by atoms with Crippen molar-refractivity contribution in [3.05, 3.63) is 0 Å². The molecule has 5 aliphatic rings. The van der Waals surface area contributed by atoms with Crippen molar-refractivity contribution in [1.82, 2.24) is 0 Å². The number of carbonyl (C=O) groups is 1. The second kappa shape index (κ2) is 3.93. The Morgan fingerprint density at radius 2 is 1.90 bits per heavy atom. The van der Waals surface area contributed by atoms with Gasteiger partial charge in [0.1, 0.15) is 6.10 Å².